The van der Waals surface area contributed by atoms with Crippen LogP contribution in [0.4, 0.5) is 27.8 Å². The molecule has 53 heavy (non-hydrogen) atoms. The number of rotatable bonds is 6. The van der Waals surface area contributed by atoms with E-state index in [-0.39, 0.29) is 83.6 Å². The van der Waals surface area contributed by atoms with E-state index >= 15 is 4.39 Å². The van der Waals surface area contributed by atoms with Gasteiger partial charge in [0.05, 0.1) is 29.7 Å². The van der Waals surface area contributed by atoms with Crippen molar-refractivity contribution in [1.29, 1.82) is 0 Å². The van der Waals surface area contributed by atoms with Gasteiger partial charge in [0.1, 0.15) is 47.3 Å². The molecule has 276 valence electrons. The summed E-state index contributed by atoms with van der Waals surface area (Å²) in [6.45, 7) is 2.70. The number of aromatic hydroxyl groups is 1. The summed E-state index contributed by atoms with van der Waals surface area (Å²) in [5.41, 5.74) is -1.62. The molecule has 4 aliphatic heterocycles. The second-order valence-electron chi connectivity index (χ2n) is 15.2. The Balaban J connectivity index is 1.13. The minimum atomic E-state index is -2.97. The van der Waals surface area contributed by atoms with Crippen LogP contribution >= 0.6 is 0 Å². The van der Waals surface area contributed by atoms with Gasteiger partial charge in [-0.15, -0.1) is 6.42 Å². The van der Waals surface area contributed by atoms with Gasteiger partial charge in [0.2, 0.25) is 5.91 Å². The Morgan fingerprint density at radius 3 is 2.72 bits per heavy atom. The number of hydrogen-bond donors (Lipinski definition) is 1. The summed E-state index contributed by atoms with van der Waals surface area (Å²) in [5.74, 6) is -4.04. The number of carbonyl (C=O) groups is 1. The molecule has 6 heterocycles. The summed E-state index contributed by atoms with van der Waals surface area (Å²) >= 11 is 0. The second-order valence-corrected chi connectivity index (χ2v) is 15.2. The topological polar surface area (TPSA) is 104 Å². The summed E-state index contributed by atoms with van der Waals surface area (Å²) in [5, 5.41) is 11.4. The number of likely N-dealkylation sites (tertiary alicyclic amines) is 1. The first-order valence-corrected chi connectivity index (χ1v) is 17.7. The number of aromatic nitrogens is 3. The Morgan fingerprint density at radius 2 is 1.94 bits per heavy atom. The molecule has 9 rings (SSSR count). The molecule has 0 radical (unpaired) electrons. The van der Waals surface area contributed by atoms with Gasteiger partial charge in [-0.25, -0.2) is 22.0 Å². The molecular weight excluding hydrogens is 699 g/mol. The quantitative estimate of drug-likeness (QED) is 0.215. The van der Waals surface area contributed by atoms with Gasteiger partial charge in [-0.3, -0.25) is 14.7 Å². The van der Waals surface area contributed by atoms with Gasteiger partial charge in [-0.05, 0) is 43.0 Å². The molecule has 1 N–H and O–H groups in total. The summed E-state index contributed by atoms with van der Waals surface area (Å²) in [4.78, 5) is 31.9. The molecule has 0 bridgehead atoms. The highest BCUT2D eigenvalue weighted by atomic mass is 19.3. The Kier molecular flexibility index (Phi) is 7.76. The molecule has 1 spiro atoms. The standard InChI is InChI=1S/C38H35F5N6O4/c1-2-24-28(40)5-4-21-10-23(50)11-25(29(21)24)31-30(41)32-26(14-44-31)33(46-35(45-32)53-20-37-6-3-7-49(37)15-22(39)12-37)47-8-9-52-19-36(16-47)17-48(18-36)34(51)27-13-38(27,42)43/h1,4-5,10-11,14,22,27,50H,3,6-9,12-13,15-20H2/t22-,27+,37+/m1/s1. The maximum absolute atomic E-state index is 17.0. The Morgan fingerprint density at radius 1 is 1.13 bits per heavy atom. The highest BCUT2D eigenvalue weighted by Crippen LogP contribution is 2.51. The van der Waals surface area contributed by atoms with Gasteiger partial charge in [0.25, 0.3) is 5.92 Å². The second kappa shape index (κ2) is 12.1. The monoisotopic (exact) mass is 734 g/mol. The number of fused-ring (bicyclic) bond motifs is 3. The molecule has 2 aromatic heterocycles. The molecule has 1 aliphatic carbocycles. The van der Waals surface area contributed by atoms with E-state index in [2.05, 4.69) is 20.8 Å². The number of anilines is 1. The van der Waals surface area contributed by atoms with Crippen LogP contribution in [-0.4, -0.2) is 112 Å². The molecule has 15 heteroatoms. The van der Waals surface area contributed by atoms with Crippen molar-refractivity contribution in [3.05, 3.63) is 47.7 Å². The van der Waals surface area contributed by atoms with E-state index in [1.165, 1.54) is 35.4 Å². The van der Waals surface area contributed by atoms with Crippen LogP contribution in [0.2, 0.25) is 0 Å². The number of benzene rings is 2. The van der Waals surface area contributed by atoms with Gasteiger partial charge in [-0.2, -0.15) is 9.97 Å². The number of phenols is 1. The smallest absolute Gasteiger partial charge is 0.319 e. The van der Waals surface area contributed by atoms with Crippen molar-refractivity contribution in [2.45, 2.75) is 43.3 Å². The number of halogens is 5. The Bertz CT molecular complexity index is 2230. The Labute approximate surface area is 300 Å². The van der Waals surface area contributed by atoms with Gasteiger partial charge in [0.15, 0.2) is 5.82 Å². The SMILES string of the molecule is C#Cc1c(F)ccc2cc(O)cc(-c3ncc4c(N5CCOCC6(CN(C(=O)[C@@H]7CC7(F)F)C6)C5)nc(OC[C@@]56CCCN5C[C@H](F)C6)nc4c3F)c12. The highest BCUT2D eigenvalue weighted by Gasteiger charge is 2.64. The lowest BCUT2D eigenvalue weighted by molar-refractivity contribution is -0.149. The number of ether oxygens (including phenoxy) is 2. The van der Waals surface area contributed by atoms with Crippen LogP contribution in [0.3, 0.4) is 0 Å². The number of terminal acetylenes is 1. The average Bonchev–Trinajstić information content (AvgIpc) is 3.54. The van der Waals surface area contributed by atoms with Crippen molar-refractivity contribution in [2.75, 3.05) is 64.0 Å². The minimum Gasteiger partial charge on any atom is -0.508 e. The van der Waals surface area contributed by atoms with Gasteiger partial charge in [-0.1, -0.05) is 12.0 Å². The summed E-state index contributed by atoms with van der Waals surface area (Å²) in [6, 6.07) is 5.11. The lowest BCUT2D eigenvalue weighted by Crippen LogP contribution is -2.64. The van der Waals surface area contributed by atoms with E-state index in [1.807, 2.05) is 4.90 Å². The predicted octanol–water partition coefficient (Wildman–Crippen LogP) is 5.09. The third-order valence-electron chi connectivity index (χ3n) is 11.6. The van der Waals surface area contributed by atoms with Crippen molar-refractivity contribution in [1.82, 2.24) is 24.8 Å². The fourth-order valence-corrected chi connectivity index (χ4v) is 8.90. The molecule has 4 aromatic rings. The van der Waals surface area contributed by atoms with E-state index < -0.39 is 52.9 Å². The largest absolute Gasteiger partial charge is 0.508 e. The van der Waals surface area contributed by atoms with Crippen LogP contribution in [0.25, 0.3) is 32.9 Å². The van der Waals surface area contributed by atoms with E-state index in [1.54, 1.807) is 0 Å². The lowest BCUT2D eigenvalue weighted by atomic mass is 9.79. The zero-order valence-electron chi connectivity index (χ0n) is 28.6. The number of hydrogen-bond acceptors (Lipinski definition) is 9. The zero-order valence-corrected chi connectivity index (χ0v) is 28.6. The molecule has 10 nitrogen and oxygen atoms in total. The minimum absolute atomic E-state index is 0.0532. The number of pyridine rings is 1. The van der Waals surface area contributed by atoms with Crippen LogP contribution in [0.15, 0.2) is 30.5 Å². The molecule has 0 unspecified atom stereocenters. The molecule has 4 saturated heterocycles. The van der Waals surface area contributed by atoms with E-state index in [4.69, 9.17) is 20.9 Å². The van der Waals surface area contributed by atoms with Gasteiger partial charge in [0, 0.05) is 68.1 Å². The fourth-order valence-electron chi connectivity index (χ4n) is 8.90. The van der Waals surface area contributed by atoms with Gasteiger partial charge < -0.3 is 24.4 Å². The summed E-state index contributed by atoms with van der Waals surface area (Å²) in [7, 11) is 0. The first-order valence-electron chi connectivity index (χ1n) is 17.7. The molecule has 5 fully saturated rings. The Hall–Kier alpha value is -4.81. The average molecular weight is 735 g/mol. The fraction of sp³-hybridized carbons (Fsp3) is 0.474. The van der Waals surface area contributed by atoms with Crippen molar-refractivity contribution >= 4 is 33.4 Å². The van der Waals surface area contributed by atoms with Crippen molar-refractivity contribution in [3.8, 4) is 35.4 Å². The third kappa shape index (κ3) is 5.60. The number of amides is 1. The van der Waals surface area contributed by atoms with Crippen molar-refractivity contribution < 1.29 is 41.3 Å². The molecule has 2 aromatic carbocycles. The first kappa shape index (κ1) is 34.0. The maximum Gasteiger partial charge on any atom is 0.319 e. The van der Waals surface area contributed by atoms with Crippen LogP contribution in [0.5, 0.6) is 11.8 Å². The first-order chi connectivity index (χ1) is 25.4. The number of nitrogens with zero attached hydrogens (tertiary/aromatic N) is 6. The molecule has 1 saturated carbocycles. The number of carbonyl (C=O) groups excluding carboxylic acids is 1. The lowest BCUT2D eigenvalue weighted by Gasteiger charge is -2.50. The van der Waals surface area contributed by atoms with E-state index in [9.17, 15) is 27.5 Å². The zero-order chi connectivity index (χ0) is 36.9. The van der Waals surface area contributed by atoms with Crippen LogP contribution in [0, 0.1) is 35.3 Å². The van der Waals surface area contributed by atoms with Crippen LogP contribution in [-0.2, 0) is 9.53 Å². The van der Waals surface area contributed by atoms with Gasteiger partial charge >= 0.3 is 6.01 Å². The van der Waals surface area contributed by atoms with E-state index in [0.29, 0.717) is 31.4 Å². The predicted molar refractivity (Wildman–Crippen MR) is 183 cm³/mol. The van der Waals surface area contributed by atoms with E-state index in [0.717, 1.165) is 19.4 Å². The number of alkyl halides is 3. The summed E-state index contributed by atoms with van der Waals surface area (Å²) in [6.07, 6.45) is 7.54. The maximum atomic E-state index is 17.0. The van der Waals surface area contributed by atoms with Crippen LogP contribution in [0.1, 0.15) is 31.2 Å². The highest BCUT2D eigenvalue weighted by molar-refractivity contribution is 6.03. The molecular formula is C38H35F5N6O4. The normalized spacial score (nSPS) is 26.0. The molecule has 5 aliphatic rings. The molecule has 3 atom stereocenters. The number of phenolic OH excluding ortho intramolecular Hbond substituents is 1. The summed E-state index contributed by atoms with van der Waals surface area (Å²) < 4.78 is 86.2. The van der Waals surface area contributed by atoms with Crippen LogP contribution < -0.4 is 9.64 Å². The van der Waals surface area contributed by atoms with Crippen molar-refractivity contribution in [3.63, 3.8) is 0 Å². The third-order valence-corrected chi connectivity index (χ3v) is 11.6. The van der Waals surface area contributed by atoms with Crippen molar-refractivity contribution in [2.24, 2.45) is 11.3 Å². The molecule has 1 amide bonds.